The van der Waals surface area contributed by atoms with Crippen molar-refractivity contribution in [3.63, 3.8) is 0 Å². The molecule has 1 N–H and O–H groups in total. The molecule has 0 fully saturated rings. The molecule has 1 amide bonds. The average Bonchev–Trinajstić information content (AvgIpc) is 3.25. The predicted octanol–water partition coefficient (Wildman–Crippen LogP) is 3.50. The summed E-state index contributed by atoms with van der Waals surface area (Å²) >= 11 is 4.80. The smallest absolute Gasteiger partial charge is 0.232 e. The number of hydrogen-bond donors (Lipinski definition) is 1. The second kappa shape index (κ2) is 6.72. The van der Waals surface area contributed by atoms with Crippen molar-refractivity contribution in [2.24, 2.45) is 0 Å². The van der Waals surface area contributed by atoms with E-state index in [9.17, 15) is 4.79 Å². The van der Waals surface area contributed by atoms with Crippen molar-refractivity contribution in [2.45, 2.75) is 19.4 Å². The molecule has 4 heterocycles. The summed E-state index contributed by atoms with van der Waals surface area (Å²) in [6.07, 6.45) is 1.24. The van der Waals surface area contributed by atoms with Gasteiger partial charge in [0.2, 0.25) is 5.91 Å². The van der Waals surface area contributed by atoms with Gasteiger partial charge in [0.15, 0.2) is 5.13 Å². The molecule has 0 bridgehead atoms. The number of fused-ring (bicyclic) bond motifs is 1. The summed E-state index contributed by atoms with van der Waals surface area (Å²) in [6.45, 7) is 1.94. The number of nitrogens with one attached hydrogen (secondary N) is 1. The lowest BCUT2D eigenvalue weighted by molar-refractivity contribution is -0.115. The standard InChI is InChI=1S/C16H16N4OS3/c1-20-4-2-12-13(7-20)24-16(18-12)19-14(21)6-11-9-23-15(17-11)10-3-5-22-8-10/h3,5,8-9H,2,4,6-7H2,1H3,(H,18,19,21). The first-order valence-electron chi connectivity index (χ1n) is 7.61. The van der Waals surface area contributed by atoms with Gasteiger partial charge in [0.1, 0.15) is 5.01 Å². The van der Waals surface area contributed by atoms with Crippen LogP contribution in [0, 0.1) is 0 Å². The van der Waals surface area contributed by atoms with E-state index in [2.05, 4.69) is 32.6 Å². The molecule has 0 spiro atoms. The van der Waals surface area contributed by atoms with E-state index < -0.39 is 0 Å². The molecule has 24 heavy (non-hydrogen) atoms. The molecule has 0 aliphatic carbocycles. The zero-order chi connectivity index (χ0) is 16.5. The van der Waals surface area contributed by atoms with Gasteiger partial charge in [0.05, 0.1) is 17.8 Å². The highest BCUT2D eigenvalue weighted by atomic mass is 32.1. The van der Waals surface area contributed by atoms with Gasteiger partial charge in [0.25, 0.3) is 0 Å². The molecule has 8 heteroatoms. The fraction of sp³-hybridized carbons (Fsp3) is 0.312. The molecule has 0 saturated carbocycles. The van der Waals surface area contributed by atoms with Gasteiger partial charge in [-0.05, 0) is 18.5 Å². The third-order valence-corrected chi connectivity index (χ3v) is 6.45. The van der Waals surface area contributed by atoms with Crippen LogP contribution in [-0.4, -0.2) is 34.4 Å². The zero-order valence-corrected chi connectivity index (χ0v) is 15.6. The first-order valence-corrected chi connectivity index (χ1v) is 10.3. The van der Waals surface area contributed by atoms with Gasteiger partial charge >= 0.3 is 0 Å². The van der Waals surface area contributed by atoms with E-state index >= 15 is 0 Å². The molecular formula is C16H16N4OS3. The van der Waals surface area contributed by atoms with Crippen LogP contribution in [0.1, 0.15) is 16.3 Å². The van der Waals surface area contributed by atoms with Crippen molar-refractivity contribution in [3.05, 3.63) is 38.5 Å². The molecule has 0 radical (unpaired) electrons. The number of rotatable bonds is 4. The van der Waals surface area contributed by atoms with E-state index in [1.807, 2.05) is 16.8 Å². The first kappa shape index (κ1) is 15.9. The molecule has 3 aromatic rings. The van der Waals surface area contributed by atoms with Crippen LogP contribution in [0.2, 0.25) is 0 Å². The van der Waals surface area contributed by atoms with Crippen molar-refractivity contribution in [3.8, 4) is 10.6 Å². The minimum atomic E-state index is -0.0587. The maximum Gasteiger partial charge on any atom is 0.232 e. The van der Waals surface area contributed by atoms with E-state index in [-0.39, 0.29) is 12.3 Å². The van der Waals surface area contributed by atoms with E-state index in [0.717, 1.165) is 41.5 Å². The molecule has 0 saturated heterocycles. The van der Waals surface area contributed by atoms with E-state index in [0.29, 0.717) is 5.13 Å². The Morgan fingerprint density at radius 1 is 1.38 bits per heavy atom. The largest absolute Gasteiger partial charge is 0.302 e. The van der Waals surface area contributed by atoms with Gasteiger partial charge in [-0.15, -0.1) is 22.7 Å². The number of anilines is 1. The van der Waals surface area contributed by atoms with E-state index in [4.69, 9.17) is 0 Å². The number of amides is 1. The highest BCUT2D eigenvalue weighted by Crippen LogP contribution is 2.28. The highest BCUT2D eigenvalue weighted by molar-refractivity contribution is 7.16. The number of thiazole rings is 2. The van der Waals surface area contributed by atoms with Crippen LogP contribution in [0.3, 0.4) is 0 Å². The number of hydrogen-bond acceptors (Lipinski definition) is 7. The number of likely N-dealkylation sites (N-methyl/N-ethyl adjacent to an activating group) is 1. The maximum absolute atomic E-state index is 12.3. The minimum Gasteiger partial charge on any atom is -0.302 e. The Balaban J connectivity index is 1.40. The Labute approximate surface area is 152 Å². The minimum absolute atomic E-state index is 0.0587. The van der Waals surface area contributed by atoms with Crippen LogP contribution >= 0.6 is 34.0 Å². The molecule has 0 atom stereocenters. The summed E-state index contributed by atoms with van der Waals surface area (Å²) in [5.74, 6) is -0.0587. The van der Waals surface area contributed by atoms with Crippen molar-refractivity contribution in [1.29, 1.82) is 0 Å². The number of nitrogens with zero attached hydrogens (tertiary/aromatic N) is 3. The fourth-order valence-corrected chi connectivity index (χ4v) is 5.25. The molecule has 1 aliphatic heterocycles. The Hall–Kier alpha value is -1.61. The Bertz CT molecular complexity index is 853. The molecule has 1 aliphatic rings. The average molecular weight is 377 g/mol. The fourth-order valence-electron chi connectivity index (χ4n) is 2.61. The number of carbonyl (C=O) groups is 1. The molecular weight excluding hydrogens is 360 g/mol. The van der Waals surface area contributed by atoms with Crippen molar-refractivity contribution >= 4 is 45.0 Å². The second-order valence-electron chi connectivity index (χ2n) is 5.76. The predicted molar refractivity (Wildman–Crippen MR) is 99.9 cm³/mol. The van der Waals surface area contributed by atoms with Gasteiger partial charge in [-0.2, -0.15) is 11.3 Å². The van der Waals surface area contributed by atoms with Crippen LogP contribution in [0.15, 0.2) is 22.2 Å². The lowest BCUT2D eigenvalue weighted by atomic mass is 10.2. The molecule has 3 aromatic heterocycles. The maximum atomic E-state index is 12.3. The number of thiophene rings is 1. The highest BCUT2D eigenvalue weighted by Gasteiger charge is 2.19. The zero-order valence-electron chi connectivity index (χ0n) is 13.1. The first-order chi connectivity index (χ1) is 11.7. The SMILES string of the molecule is CN1CCc2nc(NC(=O)Cc3csc(-c4ccsc4)n3)sc2C1. The van der Waals surface area contributed by atoms with E-state index in [1.54, 1.807) is 34.0 Å². The third kappa shape index (κ3) is 3.41. The monoisotopic (exact) mass is 376 g/mol. The van der Waals surface area contributed by atoms with Gasteiger partial charge in [0, 0.05) is 40.7 Å². The topological polar surface area (TPSA) is 58.1 Å². The van der Waals surface area contributed by atoms with Gasteiger partial charge in [-0.3, -0.25) is 4.79 Å². The molecule has 5 nitrogen and oxygen atoms in total. The van der Waals surface area contributed by atoms with Crippen molar-refractivity contribution in [1.82, 2.24) is 14.9 Å². The molecule has 0 unspecified atom stereocenters. The van der Waals surface area contributed by atoms with Crippen LogP contribution < -0.4 is 5.32 Å². The van der Waals surface area contributed by atoms with Crippen LogP contribution in [-0.2, 0) is 24.2 Å². The van der Waals surface area contributed by atoms with Crippen LogP contribution in [0.5, 0.6) is 0 Å². The molecule has 0 aromatic carbocycles. The summed E-state index contributed by atoms with van der Waals surface area (Å²) in [7, 11) is 2.11. The third-order valence-electron chi connectivity index (χ3n) is 3.83. The second-order valence-corrected chi connectivity index (χ2v) is 8.48. The van der Waals surface area contributed by atoms with E-state index in [1.165, 1.54) is 4.88 Å². The quantitative estimate of drug-likeness (QED) is 0.757. The van der Waals surface area contributed by atoms with Crippen molar-refractivity contribution < 1.29 is 4.79 Å². The summed E-state index contributed by atoms with van der Waals surface area (Å²) in [4.78, 5) is 24.9. The number of aromatic nitrogens is 2. The van der Waals surface area contributed by atoms with Gasteiger partial charge in [-0.25, -0.2) is 9.97 Å². The molecule has 124 valence electrons. The lowest BCUT2D eigenvalue weighted by Gasteiger charge is -2.20. The van der Waals surface area contributed by atoms with Crippen LogP contribution in [0.4, 0.5) is 5.13 Å². The Morgan fingerprint density at radius 2 is 2.29 bits per heavy atom. The van der Waals surface area contributed by atoms with Crippen LogP contribution in [0.25, 0.3) is 10.6 Å². The van der Waals surface area contributed by atoms with Gasteiger partial charge < -0.3 is 10.2 Å². The summed E-state index contributed by atoms with van der Waals surface area (Å²) in [6, 6.07) is 2.05. The number of carbonyl (C=O) groups excluding carboxylic acids is 1. The van der Waals surface area contributed by atoms with Gasteiger partial charge in [-0.1, -0.05) is 0 Å². The lowest BCUT2D eigenvalue weighted by Crippen LogP contribution is -2.25. The Morgan fingerprint density at radius 3 is 3.12 bits per heavy atom. The summed E-state index contributed by atoms with van der Waals surface area (Å²) < 4.78 is 0. The van der Waals surface area contributed by atoms with Crippen molar-refractivity contribution in [2.75, 3.05) is 18.9 Å². The summed E-state index contributed by atoms with van der Waals surface area (Å²) in [5.41, 5.74) is 3.05. The molecule has 4 rings (SSSR count). The Kier molecular flexibility index (Phi) is 4.45. The normalized spacial score (nSPS) is 14.5. The summed E-state index contributed by atoms with van der Waals surface area (Å²) in [5, 5.41) is 10.6.